The van der Waals surface area contributed by atoms with Crippen molar-refractivity contribution in [2.24, 2.45) is 5.73 Å². The van der Waals surface area contributed by atoms with Crippen molar-refractivity contribution in [2.75, 3.05) is 11.9 Å². The van der Waals surface area contributed by atoms with Crippen LogP contribution in [0.3, 0.4) is 0 Å². The first-order chi connectivity index (χ1) is 10.1. The Morgan fingerprint density at radius 2 is 2.14 bits per heavy atom. The number of rotatable bonds is 4. The number of fused-ring (bicyclic) bond motifs is 1. The summed E-state index contributed by atoms with van der Waals surface area (Å²) in [6.45, 7) is 2.40. The van der Waals surface area contributed by atoms with Crippen molar-refractivity contribution < 1.29 is 0 Å². The molecular formula is C14H16N6O. The van der Waals surface area contributed by atoms with E-state index in [0.29, 0.717) is 18.0 Å². The monoisotopic (exact) mass is 284 g/mol. The number of nitrogens with zero attached hydrogens (tertiary/aromatic N) is 3. The number of H-pyrrole nitrogens is 1. The molecule has 2 aromatic heterocycles. The minimum atomic E-state index is -0.455. The zero-order chi connectivity index (χ0) is 14.9. The van der Waals surface area contributed by atoms with E-state index in [1.807, 2.05) is 37.3 Å². The Kier molecular flexibility index (Phi) is 3.19. The molecule has 0 fully saturated rings. The van der Waals surface area contributed by atoms with Crippen LogP contribution < -0.4 is 16.7 Å². The van der Waals surface area contributed by atoms with E-state index in [4.69, 9.17) is 5.73 Å². The van der Waals surface area contributed by atoms with Crippen LogP contribution in [0.4, 0.5) is 5.82 Å². The smallest absolute Gasteiger partial charge is 0.348 e. The summed E-state index contributed by atoms with van der Waals surface area (Å²) < 4.78 is 1.34. The van der Waals surface area contributed by atoms with Crippen LogP contribution in [0.15, 0.2) is 47.5 Å². The maximum atomic E-state index is 11.4. The van der Waals surface area contributed by atoms with Gasteiger partial charge in [-0.15, -0.1) is 0 Å². The highest BCUT2D eigenvalue weighted by Crippen LogP contribution is 2.24. The summed E-state index contributed by atoms with van der Waals surface area (Å²) in [5.41, 5.74) is 6.74. The molecule has 21 heavy (non-hydrogen) atoms. The molecule has 4 N–H and O–H groups in total. The first kappa shape index (κ1) is 13.3. The second kappa shape index (κ2) is 5.02. The molecular weight excluding hydrogens is 268 g/mol. The lowest BCUT2D eigenvalue weighted by atomic mass is 9.92. The van der Waals surface area contributed by atoms with Gasteiger partial charge < -0.3 is 11.1 Å². The van der Waals surface area contributed by atoms with Crippen molar-refractivity contribution in [2.45, 2.75) is 12.5 Å². The Balaban J connectivity index is 1.97. The standard InChI is InChI=1S/C14H16N6O/c1-14(8-15,10-5-3-2-4-6-10)17-11-7-12-18-19-13(21)20(12)9-16-11/h2-7,9,17H,8,15H2,1H3,(H,19,21). The van der Waals surface area contributed by atoms with Crippen LogP contribution in [0.5, 0.6) is 0 Å². The van der Waals surface area contributed by atoms with Crippen molar-refractivity contribution >= 4 is 11.5 Å². The molecule has 0 bridgehead atoms. The van der Waals surface area contributed by atoms with E-state index in [1.54, 1.807) is 6.07 Å². The van der Waals surface area contributed by atoms with Gasteiger partial charge in [0.15, 0.2) is 5.65 Å². The van der Waals surface area contributed by atoms with Gasteiger partial charge in [0, 0.05) is 12.6 Å². The molecule has 1 unspecified atom stereocenters. The highest BCUT2D eigenvalue weighted by Gasteiger charge is 2.25. The Morgan fingerprint density at radius 3 is 2.86 bits per heavy atom. The highest BCUT2D eigenvalue weighted by atomic mass is 16.1. The molecule has 0 saturated carbocycles. The Labute approximate surface area is 120 Å². The molecule has 0 spiro atoms. The molecule has 1 atom stereocenters. The maximum Gasteiger partial charge on any atom is 0.348 e. The van der Waals surface area contributed by atoms with Gasteiger partial charge in [-0.1, -0.05) is 30.3 Å². The van der Waals surface area contributed by atoms with Crippen molar-refractivity contribution in [3.05, 3.63) is 58.8 Å². The van der Waals surface area contributed by atoms with Gasteiger partial charge in [0.25, 0.3) is 0 Å². The van der Waals surface area contributed by atoms with Crippen molar-refractivity contribution in [3.63, 3.8) is 0 Å². The number of aromatic amines is 1. The molecule has 3 aromatic rings. The van der Waals surface area contributed by atoms with Crippen LogP contribution in [0.1, 0.15) is 12.5 Å². The fraction of sp³-hybridized carbons (Fsp3) is 0.214. The second-order valence-electron chi connectivity index (χ2n) is 5.06. The number of benzene rings is 1. The highest BCUT2D eigenvalue weighted by molar-refractivity contribution is 5.51. The number of hydrogen-bond acceptors (Lipinski definition) is 5. The van der Waals surface area contributed by atoms with E-state index in [-0.39, 0.29) is 5.69 Å². The molecule has 0 amide bonds. The van der Waals surface area contributed by atoms with Gasteiger partial charge in [0.05, 0.1) is 5.54 Å². The number of nitrogens with one attached hydrogen (secondary N) is 2. The van der Waals surface area contributed by atoms with E-state index in [9.17, 15) is 4.79 Å². The van der Waals surface area contributed by atoms with Gasteiger partial charge in [-0.25, -0.2) is 19.3 Å². The summed E-state index contributed by atoms with van der Waals surface area (Å²) in [4.78, 5) is 15.7. The molecule has 108 valence electrons. The maximum absolute atomic E-state index is 11.4. The van der Waals surface area contributed by atoms with Gasteiger partial charge in [-0.2, -0.15) is 5.10 Å². The van der Waals surface area contributed by atoms with Gasteiger partial charge in [0.2, 0.25) is 0 Å². The topological polar surface area (TPSA) is 101 Å². The van der Waals surface area contributed by atoms with Crippen LogP contribution in [-0.4, -0.2) is 26.1 Å². The third kappa shape index (κ3) is 2.38. The lowest BCUT2D eigenvalue weighted by Crippen LogP contribution is -2.40. The molecule has 0 aliphatic rings. The average Bonchev–Trinajstić information content (AvgIpc) is 2.89. The van der Waals surface area contributed by atoms with Crippen molar-refractivity contribution in [1.82, 2.24) is 19.6 Å². The van der Waals surface area contributed by atoms with Crippen LogP contribution in [0.2, 0.25) is 0 Å². The van der Waals surface area contributed by atoms with Gasteiger partial charge in [-0.05, 0) is 12.5 Å². The lowest BCUT2D eigenvalue weighted by Gasteiger charge is -2.30. The molecule has 3 rings (SSSR count). The summed E-state index contributed by atoms with van der Waals surface area (Å²) in [5.74, 6) is 0.610. The molecule has 7 heteroatoms. The van der Waals surface area contributed by atoms with Crippen molar-refractivity contribution in [1.29, 1.82) is 0 Å². The first-order valence-electron chi connectivity index (χ1n) is 6.59. The summed E-state index contributed by atoms with van der Waals surface area (Å²) in [5, 5.41) is 9.62. The minimum absolute atomic E-state index is 0.311. The Morgan fingerprint density at radius 1 is 1.38 bits per heavy atom. The van der Waals surface area contributed by atoms with E-state index < -0.39 is 5.54 Å². The predicted molar refractivity (Wildman–Crippen MR) is 80.1 cm³/mol. The van der Waals surface area contributed by atoms with E-state index in [2.05, 4.69) is 20.5 Å². The largest absolute Gasteiger partial charge is 0.359 e. The molecule has 0 radical (unpaired) electrons. The van der Waals surface area contributed by atoms with E-state index >= 15 is 0 Å². The molecule has 2 heterocycles. The zero-order valence-electron chi connectivity index (χ0n) is 11.6. The van der Waals surface area contributed by atoms with E-state index in [1.165, 1.54) is 10.7 Å². The zero-order valence-corrected chi connectivity index (χ0v) is 11.6. The molecule has 7 nitrogen and oxygen atoms in total. The third-order valence-corrected chi connectivity index (χ3v) is 3.53. The fourth-order valence-electron chi connectivity index (χ4n) is 2.21. The van der Waals surface area contributed by atoms with Crippen LogP contribution in [0.25, 0.3) is 5.65 Å². The fourth-order valence-corrected chi connectivity index (χ4v) is 2.21. The third-order valence-electron chi connectivity index (χ3n) is 3.53. The van der Waals surface area contributed by atoms with Gasteiger partial charge in [0.1, 0.15) is 12.1 Å². The lowest BCUT2D eigenvalue weighted by molar-refractivity contribution is 0.553. The first-order valence-corrected chi connectivity index (χ1v) is 6.59. The number of nitrogens with two attached hydrogens (primary N) is 1. The normalized spacial score (nSPS) is 14.0. The van der Waals surface area contributed by atoms with Gasteiger partial charge >= 0.3 is 5.69 Å². The van der Waals surface area contributed by atoms with E-state index in [0.717, 1.165) is 5.56 Å². The number of hydrogen-bond donors (Lipinski definition) is 3. The molecule has 1 aromatic carbocycles. The molecule has 0 saturated heterocycles. The number of anilines is 1. The Hall–Kier alpha value is -2.67. The quantitative estimate of drug-likeness (QED) is 0.655. The van der Waals surface area contributed by atoms with Crippen LogP contribution in [0, 0.1) is 0 Å². The summed E-state index contributed by atoms with van der Waals surface area (Å²) in [6.07, 6.45) is 1.44. The SMILES string of the molecule is CC(CN)(Nc1cc2n[nH]c(=O)n2cn1)c1ccccc1. The summed E-state index contributed by atoms with van der Waals surface area (Å²) in [7, 11) is 0. The summed E-state index contributed by atoms with van der Waals surface area (Å²) in [6, 6.07) is 11.6. The molecule has 0 aliphatic heterocycles. The predicted octanol–water partition coefficient (Wildman–Crippen LogP) is 0.704. The van der Waals surface area contributed by atoms with Crippen LogP contribution in [-0.2, 0) is 5.54 Å². The second-order valence-corrected chi connectivity index (χ2v) is 5.06. The average molecular weight is 284 g/mol. The summed E-state index contributed by atoms with van der Waals surface area (Å²) >= 11 is 0. The number of aromatic nitrogens is 4. The molecule has 0 aliphatic carbocycles. The van der Waals surface area contributed by atoms with Crippen molar-refractivity contribution in [3.8, 4) is 0 Å². The van der Waals surface area contributed by atoms with Crippen LogP contribution >= 0.6 is 0 Å². The minimum Gasteiger partial charge on any atom is -0.359 e. The van der Waals surface area contributed by atoms with Gasteiger partial charge in [-0.3, -0.25) is 0 Å². The Bertz CT molecular complexity index is 809.